The molecule has 21 heavy (non-hydrogen) atoms. The molecule has 1 amide bonds. The average molecular weight is 311 g/mol. The standard InChI is InChI=1S/C16H20ClFN2O/c17-12-3-6-14(15(18)8-12)16(21)20(13-4-5-13)10-11-2-1-7-19-9-11/h3,6,8,11,13,19H,1-2,4-5,7,9-10H2. The largest absolute Gasteiger partial charge is 0.335 e. The summed E-state index contributed by atoms with van der Waals surface area (Å²) in [5.41, 5.74) is 0.134. The summed E-state index contributed by atoms with van der Waals surface area (Å²) in [6.07, 6.45) is 4.33. The zero-order valence-electron chi connectivity index (χ0n) is 11.9. The van der Waals surface area contributed by atoms with E-state index in [4.69, 9.17) is 11.6 Å². The molecule has 1 atom stereocenters. The summed E-state index contributed by atoms with van der Waals surface area (Å²) in [6.45, 7) is 2.72. The summed E-state index contributed by atoms with van der Waals surface area (Å²) >= 11 is 5.76. The Bertz CT molecular complexity index is 527. The number of carbonyl (C=O) groups excluding carboxylic acids is 1. The fourth-order valence-corrected chi connectivity index (χ4v) is 3.12. The fourth-order valence-electron chi connectivity index (χ4n) is 2.96. The smallest absolute Gasteiger partial charge is 0.257 e. The molecule has 0 radical (unpaired) electrons. The van der Waals surface area contributed by atoms with Crippen LogP contribution in [0.5, 0.6) is 0 Å². The number of nitrogens with zero attached hydrogens (tertiary/aromatic N) is 1. The molecule has 1 N–H and O–H groups in total. The van der Waals surface area contributed by atoms with Crippen molar-refractivity contribution in [1.29, 1.82) is 0 Å². The van der Waals surface area contributed by atoms with Gasteiger partial charge in [0, 0.05) is 17.6 Å². The Morgan fingerprint density at radius 2 is 2.19 bits per heavy atom. The zero-order chi connectivity index (χ0) is 14.8. The number of hydrogen-bond acceptors (Lipinski definition) is 2. The molecule has 1 saturated carbocycles. The van der Waals surface area contributed by atoms with Gasteiger partial charge in [0.05, 0.1) is 5.56 Å². The van der Waals surface area contributed by atoms with Gasteiger partial charge in [-0.15, -0.1) is 0 Å². The molecule has 1 aromatic rings. The first-order chi connectivity index (χ1) is 10.1. The first-order valence-corrected chi connectivity index (χ1v) is 7.99. The lowest BCUT2D eigenvalue weighted by Crippen LogP contribution is -2.42. The minimum absolute atomic E-state index is 0.134. The van der Waals surface area contributed by atoms with Crippen LogP contribution in [0, 0.1) is 11.7 Å². The summed E-state index contributed by atoms with van der Waals surface area (Å²) in [5.74, 6) is -0.254. The second-order valence-electron chi connectivity index (χ2n) is 6.03. The van der Waals surface area contributed by atoms with Gasteiger partial charge in [-0.1, -0.05) is 11.6 Å². The Labute approximate surface area is 129 Å². The third-order valence-electron chi connectivity index (χ3n) is 4.26. The van der Waals surface area contributed by atoms with Crippen LogP contribution in [0.1, 0.15) is 36.0 Å². The number of benzene rings is 1. The maximum Gasteiger partial charge on any atom is 0.257 e. The van der Waals surface area contributed by atoms with Crippen LogP contribution in [-0.2, 0) is 0 Å². The number of nitrogens with one attached hydrogen (secondary N) is 1. The molecule has 5 heteroatoms. The van der Waals surface area contributed by atoms with Crippen LogP contribution in [0.2, 0.25) is 5.02 Å². The Morgan fingerprint density at radius 1 is 1.38 bits per heavy atom. The fraction of sp³-hybridized carbons (Fsp3) is 0.562. The summed E-state index contributed by atoms with van der Waals surface area (Å²) in [7, 11) is 0. The Kier molecular flexibility index (Phi) is 4.45. The van der Waals surface area contributed by atoms with E-state index in [0.29, 0.717) is 10.9 Å². The van der Waals surface area contributed by atoms with Crippen LogP contribution in [0.25, 0.3) is 0 Å². The Balaban J connectivity index is 1.75. The van der Waals surface area contributed by atoms with Crippen molar-refractivity contribution in [3.63, 3.8) is 0 Å². The molecule has 1 saturated heterocycles. The highest BCUT2D eigenvalue weighted by atomic mass is 35.5. The molecule has 1 aliphatic carbocycles. The molecule has 1 aromatic carbocycles. The Morgan fingerprint density at radius 3 is 2.81 bits per heavy atom. The maximum atomic E-state index is 14.0. The van der Waals surface area contributed by atoms with Crippen LogP contribution in [0.15, 0.2) is 18.2 Å². The molecule has 0 bridgehead atoms. The minimum atomic E-state index is -0.528. The first-order valence-electron chi connectivity index (χ1n) is 7.62. The molecule has 0 spiro atoms. The zero-order valence-corrected chi connectivity index (χ0v) is 12.7. The number of amides is 1. The summed E-state index contributed by atoms with van der Waals surface area (Å²) < 4.78 is 14.0. The van der Waals surface area contributed by atoms with Crippen molar-refractivity contribution in [3.8, 4) is 0 Å². The normalized spacial score (nSPS) is 22.1. The molecule has 2 fully saturated rings. The number of piperidine rings is 1. The van der Waals surface area contributed by atoms with E-state index in [1.807, 2.05) is 4.90 Å². The van der Waals surface area contributed by atoms with Gasteiger partial charge in [0.25, 0.3) is 5.91 Å². The van der Waals surface area contributed by atoms with Gasteiger partial charge in [0.2, 0.25) is 0 Å². The van der Waals surface area contributed by atoms with Crippen LogP contribution in [-0.4, -0.2) is 36.5 Å². The van der Waals surface area contributed by atoms with Crippen molar-refractivity contribution >= 4 is 17.5 Å². The number of halogens is 2. The van der Waals surface area contributed by atoms with Crippen molar-refractivity contribution in [1.82, 2.24) is 10.2 Å². The van der Waals surface area contributed by atoms with E-state index < -0.39 is 5.82 Å². The van der Waals surface area contributed by atoms with E-state index in [1.54, 1.807) is 6.07 Å². The molecule has 114 valence electrons. The van der Waals surface area contributed by atoms with E-state index >= 15 is 0 Å². The van der Waals surface area contributed by atoms with Crippen molar-refractivity contribution in [2.45, 2.75) is 31.7 Å². The number of carbonyl (C=O) groups is 1. The summed E-state index contributed by atoms with van der Waals surface area (Å²) in [5, 5.41) is 3.69. The Hall–Kier alpha value is -1.13. The summed E-state index contributed by atoms with van der Waals surface area (Å²) in [4.78, 5) is 14.5. The highest BCUT2D eigenvalue weighted by Crippen LogP contribution is 2.30. The highest BCUT2D eigenvalue weighted by Gasteiger charge is 2.35. The van der Waals surface area contributed by atoms with E-state index in [9.17, 15) is 9.18 Å². The minimum Gasteiger partial charge on any atom is -0.335 e. The number of hydrogen-bond donors (Lipinski definition) is 1. The lowest BCUT2D eigenvalue weighted by molar-refractivity contribution is 0.0699. The van der Waals surface area contributed by atoms with E-state index in [1.165, 1.54) is 12.1 Å². The average Bonchev–Trinajstić information content (AvgIpc) is 3.30. The second-order valence-corrected chi connectivity index (χ2v) is 6.46. The first kappa shape index (κ1) is 14.8. The molecule has 0 aromatic heterocycles. The molecular formula is C16H20ClFN2O. The van der Waals surface area contributed by atoms with Crippen molar-refractivity contribution < 1.29 is 9.18 Å². The SMILES string of the molecule is O=C(c1ccc(Cl)cc1F)N(CC1CCCNC1)C1CC1. The van der Waals surface area contributed by atoms with Gasteiger partial charge >= 0.3 is 0 Å². The van der Waals surface area contributed by atoms with E-state index in [-0.39, 0.29) is 17.5 Å². The van der Waals surface area contributed by atoms with Crippen LogP contribution in [0.4, 0.5) is 4.39 Å². The lowest BCUT2D eigenvalue weighted by atomic mass is 9.98. The predicted octanol–water partition coefficient (Wildman–Crippen LogP) is 3.08. The molecule has 3 nitrogen and oxygen atoms in total. The van der Waals surface area contributed by atoms with Crippen molar-refractivity contribution in [3.05, 3.63) is 34.6 Å². The van der Waals surface area contributed by atoms with Gasteiger partial charge in [-0.25, -0.2) is 4.39 Å². The van der Waals surface area contributed by atoms with Crippen LogP contribution in [0.3, 0.4) is 0 Å². The third-order valence-corrected chi connectivity index (χ3v) is 4.50. The molecule has 1 aliphatic heterocycles. The van der Waals surface area contributed by atoms with E-state index in [2.05, 4.69) is 5.32 Å². The topological polar surface area (TPSA) is 32.3 Å². The van der Waals surface area contributed by atoms with Crippen LogP contribution < -0.4 is 5.32 Å². The molecular weight excluding hydrogens is 291 g/mol. The maximum absolute atomic E-state index is 14.0. The second kappa shape index (κ2) is 6.32. The van der Waals surface area contributed by atoms with Gasteiger partial charge in [0.15, 0.2) is 0 Å². The molecule has 2 aliphatic rings. The molecule has 1 unspecified atom stereocenters. The quantitative estimate of drug-likeness (QED) is 0.927. The van der Waals surface area contributed by atoms with Crippen LogP contribution >= 0.6 is 11.6 Å². The summed E-state index contributed by atoms with van der Waals surface area (Å²) in [6, 6.07) is 4.57. The van der Waals surface area contributed by atoms with Gasteiger partial charge in [-0.3, -0.25) is 4.79 Å². The molecule has 1 heterocycles. The van der Waals surface area contributed by atoms with Crippen molar-refractivity contribution in [2.24, 2.45) is 5.92 Å². The predicted molar refractivity (Wildman–Crippen MR) is 81.1 cm³/mol. The van der Waals surface area contributed by atoms with E-state index in [0.717, 1.165) is 45.3 Å². The van der Waals surface area contributed by atoms with Gasteiger partial charge < -0.3 is 10.2 Å². The monoisotopic (exact) mass is 310 g/mol. The highest BCUT2D eigenvalue weighted by molar-refractivity contribution is 6.30. The molecule has 3 rings (SSSR count). The van der Waals surface area contributed by atoms with Crippen molar-refractivity contribution in [2.75, 3.05) is 19.6 Å². The van der Waals surface area contributed by atoms with Gasteiger partial charge in [-0.2, -0.15) is 0 Å². The lowest BCUT2D eigenvalue weighted by Gasteiger charge is -2.30. The van der Waals surface area contributed by atoms with Gasteiger partial charge in [-0.05, 0) is 62.9 Å². The van der Waals surface area contributed by atoms with Gasteiger partial charge in [0.1, 0.15) is 5.82 Å². The number of rotatable bonds is 4. The third kappa shape index (κ3) is 3.55.